The van der Waals surface area contributed by atoms with Crippen molar-refractivity contribution in [3.05, 3.63) is 21.9 Å². The minimum atomic E-state index is -0.773. The van der Waals surface area contributed by atoms with Gasteiger partial charge in [-0.1, -0.05) is 0 Å². The number of rotatable bonds is 4. The van der Waals surface area contributed by atoms with Gasteiger partial charge in [0.1, 0.15) is 0 Å². The smallest absolute Gasteiger partial charge is 0.306 e. The summed E-state index contributed by atoms with van der Waals surface area (Å²) in [5.74, 6) is -1.18. The minimum Gasteiger partial charge on any atom is -0.481 e. The Hall–Kier alpha value is -1.36. The van der Waals surface area contributed by atoms with Crippen molar-refractivity contribution in [3.8, 4) is 0 Å². The Bertz CT molecular complexity index is 511. The zero-order valence-corrected chi connectivity index (χ0v) is 12.9. The molecule has 4 nitrogen and oxygen atoms in total. The second-order valence-corrected chi connectivity index (χ2v) is 6.94. The number of carboxylic acids is 1. The molecule has 0 radical (unpaired) electrons. The molecule has 1 aromatic heterocycles. The van der Waals surface area contributed by atoms with Crippen molar-refractivity contribution in [2.45, 2.75) is 39.2 Å². The van der Waals surface area contributed by atoms with Crippen LogP contribution in [0.4, 0.5) is 0 Å². The van der Waals surface area contributed by atoms with Crippen molar-refractivity contribution in [1.29, 1.82) is 0 Å². The zero-order valence-electron chi connectivity index (χ0n) is 12.1. The molecule has 1 aromatic rings. The van der Waals surface area contributed by atoms with Crippen LogP contribution in [0.1, 0.15) is 42.0 Å². The second kappa shape index (κ2) is 5.95. The van der Waals surface area contributed by atoms with Crippen molar-refractivity contribution in [2.75, 3.05) is 7.05 Å². The Morgan fingerprint density at radius 1 is 1.35 bits per heavy atom. The summed E-state index contributed by atoms with van der Waals surface area (Å²) >= 11 is 1.70. The molecule has 1 saturated carbocycles. The normalized spacial score (nSPS) is 23.6. The largest absolute Gasteiger partial charge is 0.481 e. The summed E-state index contributed by atoms with van der Waals surface area (Å²) in [4.78, 5) is 27.6. The summed E-state index contributed by atoms with van der Waals surface area (Å²) in [7, 11) is 1.82. The van der Waals surface area contributed by atoms with Gasteiger partial charge in [0.2, 0.25) is 5.91 Å². The van der Waals surface area contributed by atoms with E-state index in [0.717, 1.165) is 0 Å². The van der Waals surface area contributed by atoms with Crippen LogP contribution in [0.15, 0.2) is 12.1 Å². The monoisotopic (exact) mass is 295 g/mol. The van der Waals surface area contributed by atoms with Gasteiger partial charge in [0, 0.05) is 22.7 Å². The van der Waals surface area contributed by atoms with Crippen molar-refractivity contribution >= 4 is 23.2 Å². The van der Waals surface area contributed by atoms with Crippen LogP contribution in [0, 0.1) is 18.8 Å². The van der Waals surface area contributed by atoms with Crippen LogP contribution in [0.2, 0.25) is 0 Å². The van der Waals surface area contributed by atoms with Gasteiger partial charge < -0.3 is 10.0 Å². The topological polar surface area (TPSA) is 57.6 Å². The molecule has 1 fully saturated rings. The third kappa shape index (κ3) is 3.03. The van der Waals surface area contributed by atoms with Crippen LogP contribution in [0.25, 0.3) is 0 Å². The highest BCUT2D eigenvalue weighted by molar-refractivity contribution is 7.12. The van der Waals surface area contributed by atoms with Gasteiger partial charge in [0.15, 0.2) is 0 Å². The van der Waals surface area contributed by atoms with E-state index in [0.29, 0.717) is 19.3 Å². The fraction of sp³-hybridized carbons (Fsp3) is 0.600. The Balaban J connectivity index is 2.00. The quantitative estimate of drug-likeness (QED) is 0.928. The summed E-state index contributed by atoms with van der Waals surface area (Å²) in [6.07, 6.45) is 1.79. The lowest BCUT2D eigenvalue weighted by molar-refractivity contribution is -0.141. The molecule has 1 aliphatic rings. The lowest BCUT2D eigenvalue weighted by atomic mass is 10.0. The first-order valence-electron chi connectivity index (χ1n) is 6.96. The van der Waals surface area contributed by atoms with E-state index in [-0.39, 0.29) is 23.8 Å². The first-order chi connectivity index (χ1) is 9.40. The fourth-order valence-electron chi connectivity index (χ4n) is 2.78. The Morgan fingerprint density at radius 2 is 2.00 bits per heavy atom. The standard InChI is InChI=1S/C15H21NO3S/c1-9-4-7-13(20-9)10(2)16(3)14(17)11-5-6-12(8-11)15(18)19/h4,7,10-12H,5-6,8H2,1-3H3,(H,18,19)/t10?,11-,12+/m1/s1. The molecule has 1 heterocycles. The van der Waals surface area contributed by atoms with Gasteiger partial charge in [-0.2, -0.15) is 0 Å². The number of hydrogen-bond acceptors (Lipinski definition) is 3. The van der Waals surface area contributed by atoms with Gasteiger partial charge in [-0.25, -0.2) is 0 Å². The average molecular weight is 295 g/mol. The van der Waals surface area contributed by atoms with Gasteiger partial charge in [-0.3, -0.25) is 9.59 Å². The number of amides is 1. The fourth-order valence-corrected chi connectivity index (χ4v) is 3.75. The Labute approximate surface area is 123 Å². The number of nitrogens with zero attached hydrogens (tertiary/aromatic N) is 1. The van der Waals surface area contributed by atoms with E-state index in [1.54, 1.807) is 16.2 Å². The highest BCUT2D eigenvalue weighted by atomic mass is 32.1. The third-order valence-corrected chi connectivity index (χ3v) is 5.40. The summed E-state index contributed by atoms with van der Waals surface area (Å²) in [5.41, 5.74) is 0. The van der Waals surface area contributed by atoms with Crippen LogP contribution in [0.5, 0.6) is 0 Å². The number of hydrogen-bond donors (Lipinski definition) is 1. The van der Waals surface area contributed by atoms with Crippen LogP contribution in [-0.2, 0) is 9.59 Å². The lowest BCUT2D eigenvalue weighted by Gasteiger charge is -2.27. The van der Waals surface area contributed by atoms with Crippen molar-refractivity contribution < 1.29 is 14.7 Å². The molecule has 0 saturated heterocycles. The molecule has 3 atom stereocenters. The lowest BCUT2D eigenvalue weighted by Crippen LogP contribution is -2.34. The molecule has 1 N–H and O–H groups in total. The summed E-state index contributed by atoms with van der Waals surface area (Å²) < 4.78 is 0. The molecule has 0 spiro atoms. The number of carbonyl (C=O) groups excluding carboxylic acids is 1. The number of aryl methyl sites for hydroxylation is 1. The van der Waals surface area contributed by atoms with Crippen molar-refractivity contribution in [1.82, 2.24) is 4.90 Å². The van der Waals surface area contributed by atoms with Crippen LogP contribution in [-0.4, -0.2) is 28.9 Å². The first-order valence-corrected chi connectivity index (χ1v) is 7.77. The highest BCUT2D eigenvalue weighted by Crippen LogP contribution is 2.34. The summed E-state index contributed by atoms with van der Waals surface area (Å²) in [5, 5.41) is 9.02. The van der Waals surface area contributed by atoms with Gasteiger partial charge >= 0.3 is 5.97 Å². The summed E-state index contributed by atoms with van der Waals surface area (Å²) in [6, 6.07) is 4.17. The molecule has 1 unspecified atom stereocenters. The predicted molar refractivity (Wildman–Crippen MR) is 78.7 cm³/mol. The molecule has 0 bridgehead atoms. The molecule has 110 valence electrons. The number of carboxylic acid groups (broad SMARTS) is 1. The van der Waals surface area contributed by atoms with Crippen LogP contribution < -0.4 is 0 Å². The summed E-state index contributed by atoms with van der Waals surface area (Å²) in [6.45, 7) is 4.07. The molecule has 1 aliphatic carbocycles. The number of carbonyl (C=O) groups is 2. The molecular weight excluding hydrogens is 274 g/mol. The predicted octanol–water partition coefficient (Wildman–Crippen LogP) is 3.08. The highest BCUT2D eigenvalue weighted by Gasteiger charge is 2.36. The second-order valence-electron chi connectivity index (χ2n) is 5.62. The van der Waals surface area contributed by atoms with E-state index >= 15 is 0 Å². The Morgan fingerprint density at radius 3 is 2.50 bits per heavy atom. The van der Waals surface area contributed by atoms with Crippen molar-refractivity contribution in [3.63, 3.8) is 0 Å². The molecule has 1 amide bonds. The maximum Gasteiger partial charge on any atom is 0.306 e. The third-order valence-electron chi connectivity index (χ3n) is 4.23. The molecule has 2 rings (SSSR count). The van der Waals surface area contributed by atoms with Crippen LogP contribution >= 0.6 is 11.3 Å². The number of aliphatic carboxylic acids is 1. The Kier molecular flexibility index (Phi) is 4.48. The average Bonchev–Trinajstić information content (AvgIpc) is 3.04. The number of thiophene rings is 1. The van der Waals surface area contributed by atoms with Crippen molar-refractivity contribution in [2.24, 2.45) is 11.8 Å². The SMILES string of the molecule is Cc1ccc(C(C)N(C)C(=O)[C@@H]2CC[C@H](C(=O)O)C2)s1. The molecule has 20 heavy (non-hydrogen) atoms. The molecule has 0 aliphatic heterocycles. The maximum absolute atomic E-state index is 12.5. The first kappa shape index (κ1) is 15.0. The molecule has 0 aromatic carbocycles. The van der Waals surface area contributed by atoms with E-state index in [9.17, 15) is 9.59 Å². The van der Waals surface area contributed by atoms with E-state index in [4.69, 9.17) is 5.11 Å². The molecular formula is C15H21NO3S. The van der Waals surface area contributed by atoms with Gasteiger partial charge in [0.25, 0.3) is 0 Å². The van der Waals surface area contributed by atoms with Gasteiger partial charge in [0.05, 0.1) is 12.0 Å². The van der Waals surface area contributed by atoms with E-state index < -0.39 is 5.97 Å². The van der Waals surface area contributed by atoms with E-state index in [1.807, 2.05) is 14.0 Å². The van der Waals surface area contributed by atoms with Gasteiger partial charge in [-0.05, 0) is 45.2 Å². The minimum absolute atomic E-state index is 0.0464. The van der Waals surface area contributed by atoms with E-state index in [2.05, 4.69) is 19.1 Å². The zero-order chi connectivity index (χ0) is 14.9. The van der Waals surface area contributed by atoms with Crippen LogP contribution in [0.3, 0.4) is 0 Å². The maximum atomic E-state index is 12.5. The van der Waals surface area contributed by atoms with E-state index in [1.165, 1.54) is 9.75 Å². The molecule has 5 heteroatoms. The van der Waals surface area contributed by atoms with Gasteiger partial charge in [-0.15, -0.1) is 11.3 Å².